The van der Waals surface area contributed by atoms with Gasteiger partial charge in [0.05, 0.1) is 0 Å². The summed E-state index contributed by atoms with van der Waals surface area (Å²) < 4.78 is 2.34. The highest BCUT2D eigenvalue weighted by Gasteiger charge is 2.04. The van der Waals surface area contributed by atoms with Crippen LogP contribution in [0.2, 0.25) is 5.02 Å². The predicted molar refractivity (Wildman–Crippen MR) is 93.0 cm³/mol. The zero-order valence-corrected chi connectivity index (χ0v) is 13.7. The van der Waals surface area contributed by atoms with Crippen molar-refractivity contribution in [2.45, 2.75) is 33.7 Å². The molecule has 0 aliphatic heterocycles. The predicted octanol–water partition coefficient (Wildman–Crippen LogP) is 3.91. The van der Waals surface area contributed by atoms with E-state index in [0.717, 1.165) is 23.2 Å². The van der Waals surface area contributed by atoms with Crippen LogP contribution in [0.3, 0.4) is 0 Å². The molecule has 2 aromatic rings. The van der Waals surface area contributed by atoms with Crippen molar-refractivity contribution in [3.05, 3.63) is 68.8 Å². The van der Waals surface area contributed by atoms with Crippen LogP contribution in [0.4, 0.5) is 0 Å². The van der Waals surface area contributed by atoms with Gasteiger partial charge in [0.25, 0.3) is 0 Å². The maximum atomic E-state index is 5.96. The Bertz CT molecular complexity index is 744. The lowest BCUT2D eigenvalue weighted by atomic mass is 10.2. The number of halogens is 1. The average Bonchev–Trinajstić information content (AvgIpc) is 2.74. The van der Waals surface area contributed by atoms with Crippen LogP contribution >= 0.6 is 11.6 Å². The van der Waals surface area contributed by atoms with Crippen molar-refractivity contribution < 1.29 is 0 Å². The molecular weight excluding hydrogens is 278 g/mol. The summed E-state index contributed by atoms with van der Waals surface area (Å²) in [5.74, 6) is 0. The number of aryl methyl sites for hydroxylation is 1. The summed E-state index contributed by atoms with van der Waals surface area (Å²) in [6, 6.07) is 10.2. The van der Waals surface area contributed by atoms with Crippen LogP contribution in [0.5, 0.6) is 0 Å². The molecule has 0 saturated heterocycles. The molecule has 0 aliphatic rings. The first-order valence-electron chi connectivity index (χ1n) is 7.28. The van der Waals surface area contributed by atoms with E-state index in [1.54, 1.807) is 0 Å². The Kier molecular flexibility index (Phi) is 5.08. The van der Waals surface area contributed by atoms with Crippen LogP contribution in [0, 0.1) is 0 Å². The SMILES string of the molecule is C=c1cc(CC)n(Cc2ccc(Cl)cc2)/c1=C/C=C(C)C. The molecule has 0 atom stereocenters. The van der Waals surface area contributed by atoms with Gasteiger partial charge in [-0.25, -0.2) is 0 Å². The lowest BCUT2D eigenvalue weighted by molar-refractivity contribution is 0.729. The summed E-state index contributed by atoms with van der Waals surface area (Å²) >= 11 is 5.96. The monoisotopic (exact) mass is 299 g/mol. The molecule has 1 aromatic carbocycles. The smallest absolute Gasteiger partial charge is 0.0479 e. The summed E-state index contributed by atoms with van der Waals surface area (Å²) in [6.07, 6.45) is 5.30. The van der Waals surface area contributed by atoms with Crippen LogP contribution in [0.25, 0.3) is 12.7 Å². The fourth-order valence-corrected chi connectivity index (χ4v) is 2.50. The quantitative estimate of drug-likeness (QED) is 0.807. The van der Waals surface area contributed by atoms with Crippen LogP contribution in [-0.4, -0.2) is 4.57 Å². The van der Waals surface area contributed by atoms with E-state index in [1.165, 1.54) is 22.2 Å². The van der Waals surface area contributed by atoms with E-state index in [9.17, 15) is 0 Å². The average molecular weight is 300 g/mol. The standard InChI is InChI=1S/C19H22ClN/c1-5-18-12-15(4)19(11-6-14(2)3)21(18)13-16-7-9-17(20)10-8-16/h6-12H,4-5,13H2,1-3H3/b19-11+. The summed E-state index contributed by atoms with van der Waals surface area (Å²) in [6.45, 7) is 11.4. The molecule has 1 nitrogen and oxygen atoms in total. The van der Waals surface area contributed by atoms with Crippen molar-refractivity contribution in [3.63, 3.8) is 0 Å². The molecule has 0 spiro atoms. The van der Waals surface area contributed by atoms with Crippen molar-refractivity contribution in [1.82, 2.24) is 4.57 Å². The number of rotatable bonds is 4. The Morgan fingerprint density at radius 3 is 2.48 bits per heavy atom. The minimum Gasteiger partial charge on any atom is -0.340 e. The fraction of sp³-hybridized carbons (Fsp3) is 0.263. The van der Waals surface area contributed by atoms with Crippen LogP contribution < -0.4 is 10.6 Å². The molecule has 0 N–H and O–H groups in total. The van der Waals surface area contributed by atoms with Gasteiger partial charge in [-0.1, -0.05) is 48.9 Å². The number of benzene rings is 1. The normalized spacial score (nSPS) is 11.7. The summed E-state index contributed by atoms with van der Waals surface area (Å²) in [5, 5.41) is 3.04. The maximum Gasteiger partial charge on any atom is 0.0479 e. The molecule has 0 unspecified atom stereocenters. The zero-order valence-electron chi connectivity index (χ0n) is 13.0. The molecule has 1 aromatic heterocycles. The van der Waals surface area contributed by atoms with Crippen LogP contribution in [0.15, 0.2) is 42.0 Å². The third-order valence-corrected chi connectivity index (χ3v) is 3.75. The first kappa shape index (κ1) is 15.7. The Hall–Kier alpha value is -1.73. The van der Waals surface area contributed by atoms with Crippen molar-refractivity contribution >= 4 is 24.3 Å². The third-order valence-electron chi connectivity index (χ3n) is 3.50. The minimum absolute atomic E-state index is 0.774. The molecule has 2 rings (SSSR count). The van der Waals surface area contributed by atoms with Crippen LogP contribution in [-0.2, 0) is 13.0 Å². The van der Waals surface area contributed by atoms with Crippen LogP contribution in [0.1, 0.15) is 32.0 Å². The second-order valence-corrected chi connectivity index (χ2v) is 5.96. The molecule has 2 heteroatoms. The van der Waals surface area contributed by atoms with Gasteiger partial charge in [-0.15, -0.1) is 0 Å². The van der Waals surface area contributed by atoms with Crippen molar-refractivity contribution in [2.75, 3.05) is 0 Å². The van der Waals surface area contributed by atoms with Gasteiger partial charge in [-0.2, -0.15) is 0 Å². The highest BCUT2D eigenvalue weighted by Crippen LogP contribution is 2.11. The number of hydrogen-bond acceptors (Lipinski definition) is 0. The molecule has 0 amide bonds. The number of aromatic nitrogens is 1. The molecule has 21 heavy (non-hydrogen) atoms. The zero-order chi connectivity index (χ0) is 15.4. The first-order valence-corrected chi connectivity index (χ1v) is 7.66. The van der Waals surface area contributed by atoms with Gasteiger partial charge < -0.3 is 4.57 Å². The highest BCUT2D eigenvalue weighted by atomic mass is 35.5. The topological polar surface area (TPSA) is 4.93 Å². The Morgan fingerprint density at radius 2 is 1.90 bits per heavy atom. The maximum absolute atomic E-state index is 5.96. The third kappa shape index (κ3) is 3.89. The van der Waals surface area contributed by atoms with Gasteiger partial charge in [-0.3, -0.25) is 0 Å². The highest BCUT2D eigenvalue weighted by molar-refractivity contribution is 6.30. The number of nitrogens with zero attached hydrogens (tertiary/aromatic N) is 1. The van der Waals surface area contributed by atoms with Crippen molar-refractivity contribution in [2.24, 2.45) is 0 Å². The van der Waals surface area contributed by atoms with E-state index < -0.39 is 0 Å². The van der Waals surface area contributed by atoms with E-state index in [0.29, 0.717) is 0 Å². The van der Waals surface area contributed by atoms with Gasteiger partial charge in [0.15, 0.2) is 0 Å². The summed E-state index contributed by atoms with van der Waals surface area (Å²) in [7, 11) is 0. The van der Waals surface area contributed by atoms with Crippen molar-refractivity contribution in [3.8, 4) is 0 Å². The summed E-state index contributed by atoms with van der Waals surface area (Å²) in [4.78, 5) is 0. The van der Waals surface area contributed by atoms with E-state index in [4.69, 9.17) is 11.6 Å². The molecule has 0 bridgehead atoms. The second-order valence-electron chi connectivity index (χ2n) is 5.52. The Labute approximate surface area is 131 Å². The molecule has 0 radical (unpaired) electrons. The van der Waals surface area contributed by atoms with E-state index >= 15 is 0 Å². The molecule has 0 aliphatic carbocycles. The van der Waals surface area contributed by atoms with Gasteiger partial charge in [0, 0.05) is 22.6 Å². The lowest BCUT2D eigenvalue weighted by Gasteiger charge is -2.09. The fourth-order valence-electron chi connectivity index (χ4n) is 2.38. The van der Waals surface area contributed by atoms with E-state index in [1.807, 2.05) is 12.1 Å². The van der Waals surface area contributed by atoms with Gasteiger partial charge in [0.2, 0.25) is 0 Å². The Balaban J connectivity index is 2.51. The second kappa shape index (κ2) is 6.82. The molecule has 0 saturated carbocycles. The Morgan fingerprint density at radius 1 is 1.24 bits per heavy atom. The molecular formula is C19H22ClN. The first-order chi connectivity index (χ1) is 10.0. The van der Waals surface area contributed by atoms with Crippen molar-refractivity contribution in [1.29, 1.82) is 0 Å². The molecule has 1 heterocycles. The van der Waals surface area contributed by atoms with Gasteiger partial charge in [-0.05, 0) is 55.3 Å². The number of hydrogen-bond donors (Lipinski definition) is 0. The lowest BCUT2D eigenvalue weighted by Crippen LogP contribution is -2.28. The molecule has 0 fully saturated rings. The molecule has 110 valence electrons. The number of allylic oxidation sites excluding steroid dienone is 2. The van der Waals surface area contributed by atoms with Gasteiger partial charge >= 0.3 is 0 Å². The summed E-state index contributed by atoms with van der Waals surface area (Å²) in [5.41, 5.74) is 3.84. The van der Waals surface area contributed by atoms with E-state index in [2.05, 4.69) is 62.3 Å². The van der Waals surface area contributed by atoms with Gasteiger partial charge in [0.1, 0.15) is 0 Å². The minimum atomic E-state index is 0.774. The van der Waals surface area contributed by atoms with E-state index in [-0.39, 0.29) is 0 Å². The largest absolute Gasteiger partial charge is 0.340 e.